The van der Waals surface area contributed by atoms with E-state index in [4.69, 9.17) is 23.2 Å². The van der Waals surface area contributed by atoms with Crippen molar-refractivity contribution in [3.8, 4) is 11.3 Å². The van der Waals surface area contributed by atoms with Gasteiger partial charge in [-0.1, -0.05) is 69.5 Å². The maximum Gasteiger partial charge on any atom is 0.272 e. The van der Waals surface area contributed by atoms with E-state index in [1.165, 1.54) is 23.1 Å². The van der Waals surface area contributed by atoms with Crippen LogP contribution in [0.5, 0.6) is 0 Å². The molecule has 5 rings (SSSR count). The molecule has 0 spiro atoms. The molecule has 0 fully saturated rings. The Bertz CT molecular complexity index is 1880. The molecule has 1 heterocycles. The molecule has 45 heavy (non-hydrogen) atoms. The van der Waals surface area contributed by atoms with Crippen molar-refractivity contribution in [2.75, 3.05) is 16.4 Å². The third-order valence-electron chi connectivity index (χ3n) is 6.13. The lowest BCUT2D eigenvalue weighted by Gasteiger charge is -2.12. The van der Waals surface area contributed by atoms with Gasteiger partial charge in [0.15, 0.2) is 5.13 Å². The summed E-state index contributed by atoms with van der Waals surface area (Å²) in [4.78, 5) is 44.0. The largest absolute Gasteiger partial charge is 0.321 e. The van der Waals surface area contributed by atoms with Crippen LogP contribution in [0.15, 0.2) is 118 Å². The Morgan fingerprint density at radius 3 is 2.40 bits per heavy atom. The highest BCUT2D eigenvalue weighted by atomic mass is 79.9. The number of carbonyl (C=O) groups excluding carboxylic acids is 3. The summed E-state index contributed by atoms with van der Waals surface area (Å²) in [5, 5.41) is 11.7. The first kappa shape index (κ1) is 32.5. The molecule has 0 saturated heterocycles. The molecule has 3 amide bonds. The van der Waals surface area contributed by atoms with Gasteiger partial charge in [0.2, 0.25) is 5.91 Å². The topological polar surface area (TPSA) is 100 Å². The van der Waals surface area contributed by atoms with Gasteiger partial charge in [0.05, 0.1) is 16.5 Å². The summed E-state index contributed by atoms with van der Waals surface area (Å²) in [6.45, 7) is 0. The number of nitrogens with zero attached hydrogens (tertiary/aromatic N) is 1. The Hall–Kier alpha value is -3.93. The van der Waals surface area contributed by atoms with Crippen LogP contribution in [-0.2, 0) is 9.59 Å². The van der Waals surface area contributed by atoms with Crippen molar-refractivity contribution in [1.82, 2.24) is 10.3 Å². The van der Waals surface area contributed by atoms with Crippen molar-refractivity contribution >= 4 is 96.8 Å². The van der Waals surface area contributed by atoms with Crippen LogP contribution in [0.25, 0.3) is 17.3 Å². The number of aromatic nitrogens is 1. The molecule has 12 heteroatoms. The first-order valence-electron chi connectivity index (χ1n) is 13.3. The van der Waals surface area contributed by atoms with Gasteiger partial charge < -0.3 is 16.0 Å². The van der Waals surface area contributed by atoms with E-state index in [-0.39, 0.29) is 17.4 Å². The van der Waals surface area contributed by atoms with Crippen LogP contribution in [0.2, 0.25) is 10.0 Å². The number of carbonyl (C=O) groups is 3. The van der Waals surface area contributed by atoms with Gasteiger partial charge >= 0.3 is 0 Å². The Kier molecular flexibility index (Phi) is 11.1. The van der Waals surface area contributed by atoms with Crippen LogP contribution in [0.1, 0.15) is 15.9 Å². The number of thioether (sulfide) groups is 1. The molecule has 0 aliphatic carbocycles. The summed E-state index contributed by atoms with van der Waals surface area (Å²) in [5.41, 5.74) is 3.15. The molecule has 0 radical (unpaired) electrons. The lowest BCUT2D eigenvalue weighted by atomic mass is 10.1. The second kappa shape index (κ2) is 15.4. The number of rotatable bonds is 10. The van der Waals surface area contributed by atoms with Gasteiger partial charge in [-0.25, -0.2) is 4.98 Å². The van der Waals surface area contributed by atoms with E-state index in [0.717, 1.165) is 20.5 Å². The monoisotopic (exact) mass is 736 g/mol. The van der Waals surface area contributed by atoms with Crippen LogP contribution in [-0.4, -0.2) is 28.5 Å². The number of halogens is 3. The Balaban J connectivity index is 1.19. The maximum absolute atomic E-state index is 13.3. The molecule has 0 atom stereocenters. The van der Waals surface area contributed by atoms with Crippen molar-refractivity contribution in [2.45, 2.75) is 4.90 Å². The molecule has 0 bridgehead atoms. The van der Waals surface area contributed by atoms with Gasteiger partial charge in [-0.05, 0) is 78.4 Å². The quantitative estimate of drug-likeness (QED) is 0.0982. The van der Waals surface area contributed by atoms with Gasteiger partial charge in [0.25, 0.3) is 11.8 Å². The number of benzene rings is 4. The van der Waals surface area contributed by atoms with Gasteiger partial charge in [-0.15, -0.1) is 23.1 Å². The Labute approximate surface area is 286 Å². The van der Waals surface area contributed by atoms with E-state index >= 15 is 0 Å². The fraction of sp³-hybridized carbons (Fsp3) is 0.0303. The van der Waals surface area contributed by atoms with Crippen molar-refractivity contribution in [2.24, 2.45) is 0 Å². The van der Waals surface area contributed by atoms with Gasteiger partial charge in [0, 0.05) is 36.6 Å². The molecule has 226 valence electrons. The maximum atomic E-state index is 13.3. The summed E-state index contributed by atoms with van der Waals surface area (Å²) < 4.78 is 0.839. The Morgan fingerprint density at radius 2 is 1.67 bits per heavy atom. The van der Waals surface area contributed by atoms with Gasteiger partial charge in [-0.3, -0.25) is 14.4 Å². The van der Waals surface area contributed by atoms with Crippen LogP contribution < -0.4 is 16.0 Å². The first-order chi connectivity index (χ1) is 21.7. The van der Waals surface area contributed by atoms with E-state index in [1.807, 2.05) is 35.7 Å². The number of anilines is 2. The highest BCUT2D eigenvalue weighted by molar-refractivity contribution is 9.10. The molecule has 0 aliphatic heterocycles. The minimum absolute atomic E-state index is 0.0840. The molecule has 4 aromatic carbocycles. The third kappa shape index (κ3) is 9.29. The molecule has 3 N–H and O–H groups in total. The van der Waals surface area contributed by atoms with Crippen LogP contribution >= 0.6 is 62.2 Å². The third-order valence-corrected chi connectivity index (χ3v) is 8.94. The van der Waals surface area contributed by atoms with Crippen molar-refractivity contribution in [1.29, 1.82) is 0 Å². The standard InChI is InChI=1S/C33H23BrCl2N4O3S2/c34-22-8-4-5-20(15-22)16-28(38-31(42)21-6-2-1-3-7-21)32(43)37-24-10-12-25(13-11-24)44-19-30(41)40-33-39-29(18-45-33)26-14-9-23(35)17-27(26)36/h1-18H,19H2,(H,37,43)(H,38,42)(H,39,40,41)/b28-16-. The van der Waals surface area contributed by atoms with E-state index < -0.39 is 11.8 Å². The summed E-state index contributed by atoms with van der Waals surface area (Å²) in [7, 11) is 0. The lowest BCUT2D eigenvalue weighted by Crippen LogP contribution is -2.30. The van der Waals surface area contributed by atoms with Crippen molar-refractivity contribution < 1.29 is 14.4 Å². The van der Waals surface area contributed by atoms with Crippen molar-refractivity contribution in [3.63, 3.8) is 0 Å². The zero-order valence-corrected chi connectivity index (χ0v) is 28.0. The molecule has 0 aliphatic rings. The molecule has 1 aromatic heterocycles. The normalized spacial score (nSPS) is 11.1. The average Bonchev–Trinajstić information content (AvgIpc) is 3.48. The second-order valence-corrected chi connectivity index (χ2v) is 13.1. The molecular formula is C33H23BrCl2N4O3S2. The highest BCUT2D eigenvalue weighted by Gasteiger charge is 2.16. The molecule has 7 nitrogen and oxygen atoms in total. The minimum Gasteiger partial charge on any atom is -0.321 e. The predicted molar refractivity (Wildman–Crippen MR) is 188 cm³/mol. The Morgan fingerprint density at radius 1 is 0.889 bits per heavy atom. The number of hydrogen-bond donors (Lipinski definition) is 3. The molecule has 5 aromatic rings. The summed E-state index contributed by atoms with van der Waals surface area (Å²) in [6.07, 6.45) is 1.61. The van der Waals surface area contributed by atoms with E-state index in [0.29, 0.717) is 32.1 Å². The zero-order valence-electron chi connectivity index (χ0n) is 23.2. The number of hydrogen-bond acceptors (Lipinski definition) is 6. The van der Waals surface area contributed by atoms with Gasteiger partial charge in [0.1, 0.15) is 5.70 Å². The van der Waals surface area contributed by atoms with Gasteiger partial charge in [-0.2, -0.15) is 0 Å². The summed E-state index contributed by atoms with van der Waals surface area (Å²) >= 11 is 18.3. The molecular weight excluding hydrogens is 715 g/mol. The number of thiazole rings is 1. The van der Waals surface area contributed by atoms with Crippen molar-refractivity contribution in [3.05, 3.63) is 134 Å². The smallest absolute Gasteiger partial charge is 0.272 e. The van der Waals surface area contributed by atoms with E-state index in [9.17, 15) is 14.4 Å². The predicted octanol–water partition coefficient (Wildman–Crippen LogP) is 9.02. The van der Waals surface area contributed by atoms with Crippen LogP contribution in [0, 0.1) is 0 Å². The summed E-state index contributed by atoms with van der Waals surface area (Å²) in [5.74, 6) is -0.939. The zero-order chi connectivity index (χ0) is 31.8. The fourth-order valence-corrected chi connectivity index (χ4v) is 6.34. The van der Waals surface area contributed by atoms with E-state index in [1.54, 1.807) is 72.8 Å². The number of amides is 3. The first-order valence-corrected chi connectivity index (χ1v) is 16.7. The molecule has 0 saturated carbocycles. The lowest BCUT2D eigenvalue weighted by molar-refractivity contribution is -0.114. The second-order valence-electron chi connectivity index (χ2n) is 9.41. The van der Waals surface area contributed by atoms with Crippen LogP contribution in [0.3, 0.4) is 0 Å². The minimum atomic E-state index is -0.484. The van der Waals surface area contributed by atoms with E-state index in [2.05, 4.69) is 36.9 Å². The summed E-state index contributed by atoms with van der Waals surface area (Å²) in [6, 6.07) is 28.3. The SMILES string of the molecule is O=C(CSc1ccc(NC(=O)/C(=C/c2cccc(Br)c2)NC(=O)c2ccccc2)cc1)Nc1nc(-c2ccc(Cl)cc2Cl)cs1. The average molecular weight is 739 g/mol. The van der Waals surface area contributed by atoms with Crippen LogP contribution in [0.4, 0.5) is 10.8 Å². The fourth-order valence-electron chi connectivity index (χ4n) is 3.99. The number of nitrogens with one attached hydrogen (secondary N) is 3. The highest BCUT2D eigenvalue weighted by Crippen LogP contribution is 2.32. The molecule has 0 unspecified atom stereocenters.